The molecule has 0 unspecified atom stereocenters. The van der Waals surface area contributed by atoms with Gasteiger partial charge in [-0.15, -0.1) is 0 Å². The predicted molar refractivity (Wildman–Crippen MR) is 49.6 cm³/mol. The number of carboxylic acids is 1. The van der Waals surface area contributed by atoms with Crippen LogP contribution in [0.25, 0.3) is 0 Å². The van der Waals surface area contributed by atoms with Crippen molar-refractivity contribution in [1.82, 2.24) is 4.90 Å². The summed E-state index contributed by atoms with van der Waals surface area (Å²) in [6.45, 7) is 2.11. The average molecular weight is 197 g/mol. The van der Waals surface area contributed by atoms with E-state index >= 15 is 0 Å². The monoisotopic (exact) mass is 197 g/mol. The molecule has 0 bridgehead atoms. The predicted octanol–water partition coefficient (Wildman–Crippen LogP) is 0.718. The summed E-state index contributed by atoms with van der Waals surface area (Å²) in [7, 11) is 0. The van der Waals surface area contributed by atoms with Crippen molar-refractivity contribution in [2.45, 2.75) is 32.2 Å². The number of carbonyl (C=O) groups is 2. The smallest absolute Gasteiger partial charge is 0.326 e. The summed E-state index contributed by atoms with van der Waals surface area (Å²) in [6.07, 6.45) is 3.16. The Hall–Kier alpha value is -1.06. The van der Waals surface area contributed by atoms with E-state index in [-0.39, 0.29) is 11.8 Å². The highest BCUT2D eigenvalue weighted by Crippen LogP contribution is 2.42. The highest BCUT2D eigenvalue weighted by Gasteiger charge is 2.48. The molecule has 1 heterocycles. The van der Waals surface area contributed by atoms with Crippen molar-refractivity contribution < 1.29 is 14.7 Å². The SMILES string of the molecule is CC(=O)N1C[C@H]2CCC[C@H]2[C@H]1C(=O)O. The summed E-state index contributed by atoms with van der Waals surface area (Å²) in [5.74, 6) is -0.308. The van der Waals surface area contributed by atoms with Gasteiger partial charge in [-0.3, -0.25) is 4.79 Å². The zero-order valence-corrected chi connectivity index (χ0v) is 8.27. The van der Waals surface area contributed by atoms with Gasteiger partial charge in [0.15, 0.2) is 0 Å². The topological polar surface area (TPSA) is 57.6 Å². The van der Waals surface area contributed by atoms with Crippen LogP contribution in [0.3, 0.4) is 0 Å². The van der Waals surface area contributed by atoms with Crippen molar-refractivity contribution in [3.8, 4) is 0 Å². The molecule has 0 radical (unpaired) electrons. The van der Waals surface area contributed by atoms with E-state index in [1.165, 1.54) is 11.8 Å². The van der Waals surface area contributed by atoms with E-state index in [0.717, 1.165) is 19.3 Å². The van der Waals surface area contributed by atoms with Crippen LogP contribution in [-0.4, -0.2) is 34.5 Å². The van der Waals surface area contributed by atoms with E-state index in [4.69, 9.17) is 5.11 Å². The first-order chi connectivity index (χ1) is 6.61. The molecule has 78 valence electrons. The molecule has 3 atom stereocenters. The maximum Gasteiger partial charge on any atom is 0.326 e. The quantitative estimate of drug-likeness (QED) is 0.673. The lowest BCUT2D eigenvalue weighted by atomic mass is 9.94. The van der Waals surface area contributed by atoms with Gasteiger partial charge < -0.3 is 10.0 Å². The van der Waals surface area contributed by atoms with Gasteiger partial charge in [-0.2, -0.15) is 0 Å². The van der Waals surface area contributed by atoms with E-state index in [1.54, 1.807) is 0 Å². The second-order valence-corrected chi connectivity index (χ2v) is 4.31. The summed E-state index contributed by atoms with van der Waals surface area (Å²) >= 11 is 0. The Morgan fingerprint density at radius 1 is 1.36 bits per heavy atom. The lowest BCUT2D eigenvalue weighted by Gasteiger charge is -2.22. The zero-order chi connectivity index (χ0) is 10.3. The third kappa shape index (κ3) is 1.29. The van der Waals surface area contributed by atoms with Crippen LogP contribution in [0.1, 0.15) is 26.2 Å². The number of aliphatic carboxylic acids is 1. The first-order valence-electron chi connectivity index (χ1n) is 5.11. The van der Waals surface area contributed by atoms with E-state index in [0.29, 0.717) is 12.5 Å². The second-order valence-electron chi connectivity index (χ2n) is 4.31. The summed E-state index contributed by atoms with van der Waals surface area (Å²) in [4.78, 5) is 23.8. The molecule has 4 heteroatoms. The fourth-order valence-corrected chi connectivity index (χ4v) is 2.95. The van der Waals surface area contributed by atoms with E-state index < -0.39 is 12.0 Å². The molecule has 1 aliphatic heterocycles. The number of hydrogen-bond donors (Lipinski definition) is 1. The number of rotatable bonds is 1. The van der Waals surface area contributed by atoms with Gasteiger partial charge in [0.05, 0.1) is 0 Å². The van der Waals surface area contributed by atoms with Crippen LogP contribution >= 0.6 is 0 Å². The normalized spacial score (nSPS) is 35.8. The molecule has 1 saturated carbocycles. The standard InChI is InChI=1S/C10H15NO3/c1-6(12)11-5-7-3-2-4-8(7)9(11)10(13)14/h7-9H,2-5H2,1H3,(H,13,14)/t7-,8-,9+/m1/s1. The number of carboxylic acid groups (broad SMARTS) is 1. The third-order valence-corrected chi connectivity index (χ3v) is 3.55. The van der Waals surface area contributed by atoms with Crippen molar-refractivity contribution in [3.63, 3.8) is 0 Å². The van der Waals surface area contributed by atoms with Gasteiger partial charge >= 0.3 is 5.97 Å². The Balaban J connectivity index is 2.21. The largest absolute Gasteiger partial charge is 0.480 e. The Morgan fingerprint density at radius 3 is 2.64 bits per heavy atom. The molecule has 4 nitrogen and oxygen atoms in total. The van der Waals surface area contributed by atoms with Crippen LogP contribution in [0.2, 0.25) is 0 Å². The minimum atomic E-state index is -0.838. The summed E-state index contributed by atoms with van der Waals surface area (Å²) < 4.78 is 0. The fourth-order valence-electron chi connectivity index (χ4n) is 2.95. The van der Waals surface area contributed by atoms with Crippen LogP contribution in [0.4, 0.5) is 0 Å². The molecule has 0 aromatic rings. The minimum absolute atomic E-state index is 0.105. The van der Waals surface area contributed by atoms with Gasteiger partial charge in [0.25, 0.3) is 0 Å². The van der Waals surface area contributed by atoms with Crippen LogP contribution in [0.5, 0.6) is 0 Å². The van der Waals surface area contributed by atoms with E-state index in [9.17, 15) is 9.59 Å². The third-order valence-electron chi connectivity index (χ3n) is 3.55. The number of amides is 1. The minimum Gasteiger partial charge on any atom is -0.480 e. The van der Waals surface area contributed by atoms with E-state index in [2.05, 4.69) is 0 Å². The molecule has 2 rings (SSSR count). The van der Waals surface area contributed by atoms with Gasteiger partial charge in [0, 0.05) is 13.5 Å². The molecule has 2 aliphatic rings. The Labute approximate surface area is 82.9 Å². The van der Waals surface area contributed by atoms with Crippen molar-refractivity contribution in [2.24, 2.45) is 11.8 Å². The van der Waals surface area contributed by atoms with Crippen LogP contribution in [-0.2, 0) is 9.59 Å². The number of hydrogen-bond acceptors (Lipinski definition) is 2. The first-order valence-corrected chi connectivity index (χ1v) is 5.11. The molecule has 1 N–H and O–H groups in total. The molecule has 2 fully saturated rings. The maximum absolute atomic E-state index is 11.3. The van der Waals surface area contributed by atoms with Crippen molar-refractivity contribution in [1.29, 1.82) is 0 Å². The Kier molecular flexibility index (Phi) is 2.21. The lowest BCUT2D eigenvalue weighted by Crippen LogP contribution is -2.42. The van der Waals surface area contributed by atoms with Crippen molar-refractivity contribution in [2.75, 3.05) is 6.54 Å². The van der Waals surface area contributed by atoms with E-state index in [1.807, 2.05) is 0 Å². The van der Waals surface area contributed by atoms with Crippen molar-refractivity contribution in [3.05, 3.63) is 0 Å². The van der Waals surface area contributed by atoms with Gasteiger partial charge in [-0.1, -0.05) is 6.42 Å². The van der Waals surface area contributed by atoms with Crippen molar-refractivity contribution >= 4 is 11.9 Å². The maximum atomic E-state index is 11.3. The van der Waals surface area contributed by atoms with Crippen LogP contribution in [0, 0.1) is 11.8 Å². The second kappa shape index (κ2) is 3.26. The van der Waals surface area contributed by atoms with Gasteiger partial charge in [0.2, 0.25) is 5.91 Å². The summed E-state index contributed by atoms with van der Waals surface area (Å²) in [6, 6.07) is -0.556. The number of fused-ring (bicyclic) bond motifs is 1. The van der Waals surface area contributed by atoms with Crippen LogP contribution < -0.4 is 0 Å². The molecule has 0 aromatic carbocycles. The first kappa shape index (κ1) is 9.49. The average Bonchev–Trinajstić information content (AvgIpc) is 2.58. The molecule has 0 spiro atoms. The molecule has 1 saturated heterocycles. The Morgan fingerprint density at radius 2 is 2.07 bits per heavy atom. The molecule has 14 heavy (non-hydrogen) atoms. The van der Waals surface area contributed by atoms with Crippen LogP contribution in [0.15, 0.2) is 0 Å². The van der Waals surface area contributed by atoms with Gasteiger partial charge in [-0.25, -0.2) is 4.79 Å². The Bertz CT molecular complexity index is 277. The molecule has 0 aromatic heterocycles. The summed E-state index contributed by atoms with van der Waals surface area (Å²) in [5.41, 5.74) is 0. The molecular formula is C10H15NO3. The lowest BCUT2D eigenvalue weighted by molar-refractivity contribution is -0.148. The highest BCUT2D eigenvalue weighted by atomic mass is 16.4. The zero-order valence-electron chi connectivity index (χ0n) is 8.27. The highest BCUT2D eigenvalue weighted by molar-refractivity contribution is 5.83. The summed E-state index contributed by atoms with van der Waals surface area (Å²) in [5, 5.41) is 9.09. The number of carbonyl (C=O) groups excluding carboxylic acids is 1. The molecule has 1 aliphatic carbocycles. The fraction of sp³-hybridized carbons (Fsp3) is 0.800. The van der Waals surface area contributed by atoms with Gasteiger partial charge in [-0.05, 0) is 24.7 Å². The van der Waals surface area contributed by atoms with Gasteiger partial charge in [0.1, 0.15) is 6.04 Å². The molecular weight excluding hydrogens is 182 g/mol. The number of nitrogens with zero attached hydrogens (tertiary/aromatic N) is 1. The number of likely N-dealkylation sites (tertiary alicyclic amines) is 1. The molecule has 1 amide bonds.